The van der Waals surface area contributed by atoms with Gasteiger partial charge in [0.1, 0.15) is 11.2 Å². The van der Waals surface area contributed by atoms with Gasteiger partial charge in [0.05, 0.1) is 0 Å². The Morgan fingerprint density at radius 1 is 0.870 bits per heavy atom. The van der Waals surface area contributed by atoms with Crippen LogP contribution in [0.5, 0.6) is 0 Å². The molecule has 1 N–H and O–H groups in total. The molecular weight excluding hydrogens is 286 g/mol. The quantitative estimate of drug-likeness (QED) is 0.556. The third-order valence-corrected chi connectivity index (χ3v) is 3.95. The van der Waals surface area contributed by atoms with E-state index in [-0.39, 0.29) is 5.91 Å². The average molecular weight is 301 g/mol. The molecule has 0 unspecified atom stereocenters. The minimum atomic E-state index is -0.125. The van der Waals surface area contributed by atoms with Crippen LogP contribution in [0.1, 0.15) is 15.9 Å². The molecule has 3 heteroatoms. The van der Waals surface area contributed by atoms with E-state index < -0.39 is 0 Å². The number of fused-ring (bicyclic) bond motifs is 3. The highest BCUT2D eigenvalue weighted by Crippen LogP contribution is 2.30. The lowest BCUT2D eigenvalue weighted by Crippen LogP contribution is -2.11. The van der Waals surface area contributed by atoms with Gasteiger partial charge in [0.15, 0.2) is 0 Å². The van der Waals surface area contributed by atoms with Crippen molar-refractivity contribution in [3.05, 3.63) is 77.9 Å². The molecule has 0 fully saturated rings. The van der Waals surface area contributed by atoms with E-state index in [0.29, 0.717) is 5.56 Å². The van der Waals surface area contributed by atoms with Gasteiger partial charge in [-0.2, -0.15) is 0 Å². The number of benzene rings is 3. The maximum atomic E-state index is 12.3. The minimum Gasteiger partial charge on any atom is -0.456 e. The first-order chi connectivity index (χ1) is 11.2. The van der Waals surface area contributed by atoms with E-state index >= 15 is 0 Å². The van der Waals surface area contributed by atoms with Crippen LogP contribution in [0.25, 0.3) is 21.9 Å². The van der Waals surface area contributed by atoms with Crippen LogP contribution in [0.2, 0.25) is 0 Å². The largest absolute Gasteiger partial charge is 0.456 e. The SMILES string of the molecule is Cc1ccc(C(=O)Nc2ccc3c(c2)oc2ccccc23)cc1. The topological polar surface area (TPSA) is 42.2 Å². The van der Waals surface area contributed by atoms with Crippen molar-refractivity contribution in [1.29, 1.82) is 0 Å². The Balaban J connectivity index is 1.67. The normalized spacial score (nSPS) is 11.0. The molecule has 3 nitrogen and oxygen atoms in total. The Bertz CT molecular complexity index is 1010. The Morgan fingerprint density at radius 2 is 1.61 bits per heavy atom. The summed E-state index contributed by atoms with van der Waals surface area (Å²) in [6, 6.07) is 21.2. The summed E-state index contributed by atoms with van der Waals surface area (Å²) in [6.45, 7) is 2.00. The molecule has 0 saturated carbocycles. The summed E-state index contributed by atoms with van der Waals surface area (Å²) in [5.74, 6) is -0.125. The third-order valence-electron chi connectivity index (χ3n) is 3.95. The van der Waals surface area contributed by atoms with Gasteiger partial charge in [-0.25, -0.2) is 0 Å². The number of carbonyl (C=O) groups is 1. The van der Waals surface area contributed by atoms with Gasteiger partial charge >= 0.3 is 0 Å². The van der Waals surface area contributed by atoms with E-state index in [9.17, 15) is 4.79 Å². The molecule has 0 bridgehead atoms. The minimum absolute atomic E-state index is 0.125. The molecular formula is C20H15NO2. The number of nitrogens with one attached hydrogen (secondary N) is 1. The highest BCUT2D eigenvalue weighted by atomic mass is 16.3. The summed E-state index contributed by atoms with van der Waals surface area (Å²) in [6.07, 6.45) is 0. The van der Waals surface area contributed by atoms with Crippen LogP contribution in [0.3, 0.4) is 0 Å². The van der Waals surface area contributed by atoms with Gasteiger partial charge in [-0.15, -0.1) is 0 Å². The number of carbonyl (C=O) groups excluding carboxylic acids is 1. The predicted molar refractivity (Wildman–Crippen MR) is 92.9 cm³/mol. The van der Waals surface area contributed by atoms with E-state index in [2.05, 4.69) is 5.32 Å². The zero-order valence-electron chi connectivity index (χ0n) is 12.7. The van der Waals surface area contributed by atoms with Crippen molar-refractivity contribution in [3.63, 3.8) is 0 Å². The van der Waals surface area contributed by atoms with Crippen LogP contribution in [0, 0.1) is 6.92 Å². The van der Waals surface area contributed by atoms with Gasteiger partial charge in [-0.1, -0.05) is 35.9 Å². The highest BCUT2D eigenvalue weighted by molar-refractivity contribution is 6.08. The monoisotopic (exact) mass is 301 g/mol. The van der Waals surface area contributed by atoms with Crippen LogP contribution in [-0.4, -0.2) is 5.91 Å². The number of furan rings is 1. The first kappa shape index (κ1) is 13.6. The van der Waals surface area contributed by atoms with Crippen LogP contribution >= 0.6 is 0 Å². The van der Waals surface area contributed by atoms with E-state index in [4.69, 9.17) is 4.42 Å². The Morgan fingerprint density at radius 3 is 2.43 bits per heavy atom. The molecule has 0 atom stereocenters. The fourth-order valence-electron chi connectivity index (χ4n) is 2.71. The maximum absolute atomic E-state index is 12.3. The summed E-state index contributed by atoms with van der Waals surface area (Å²) in [4.78, 5) is 12.3. The summed E-state index contributed by atoms with van der Waals surface area (Å²) >= 11 is 0. The van der Waals surface area contributed by atoms with Gasteiger partial charge in [0.25, 0.3) is 5.91 Å². The van der Waals surface area contributed by atoms with Crippen molar-refractivity contribution in [2.45, 2.75) is 6.92 Å². The molecule has 0 radical (unpaired) electrons. The lowest BCUT2D eigenvalue weighted by molar-refractivity contribution is 0.102. The summed E-state index contributed by atoms with van der Waals surface area (Å²) in [5.41, 5.74) is 4.12. The standard InChI is InChI=1S/C20H15NO2/c1-13-6-8-14(9-7-13)20(22)21-15-10-11-17-16-4-2-3-5-18(16)23-19(17)12-15/h2-12H,1H3,(H,21,22). The fraction of sp³-hybridized carbons (Fsp3) is 0.0500. The van der Waals surface area contributed by atoms with Gasteiger partial charge in [-0.05, 0) is 37.3 Å². The molecule has 112 valence electrons. The van der Waals surface area contributed by atoms with Crippen LogP contribution in [0.15, 0.2) is 71.1 Å². The smallest absolute Gasteiger partial charge is 0.255 e. The molecule has 0 saturated heterocycles. The van der Waals surface area contributed by atoms with Crippen molar-refractivity contribution >= 4 is 33.5 Å². The van der Waals surface area contributed by atoms with Crippen LogP contribution in [-0.2, 0) is 0 Å². The molecule has 0 aliphatic rings. The Labute approximate surface area is 133 Å². The first-order valence-corrected chi connectivity index (χ1v) is 7.50. The van der Waals surface area contributed by atoms with Crippen LogP contribution < -0.4 is 5.32 Å². The van der Waals surface area contributed by atoms with E-state index in [1.54, 1.807) is 0 Å². The molecule has 1 aromatic heterocycles. The van der Waals surface area contributed by atoms with E-state index in [1.165, 1.54) is 0 Å². The van der Waals surface area contributed by atoms with Gasteiger partial charge in [-0.3, -0.25) is 4.79 Å². The lowest BCUT2D eigenvalue weighted by Gasteiger charge is -2.05. The summed E-state index contributed by atoms with van der Waals surface area (Å²) in [7, 11) is 0. The first-order valence-electron chi connectivity index (χ1n) is 7.50. The Hall–Kier alpha value is -3.07. The molecule has 4 aromatic rings. The second-order valence-corrected chi connectivity index (χ2v) is 5.63. The van der Waals surface area contributed by atoms with Crippen molar-refractivity contribution < 1.29 is 9.21 Å². The fourth-order valence-corrected chi connectivity index (χ4v) is 2.71. The van der Waals surface area contributed by atoms with Crippen LogP contribution in [0.4, 0.5) is 5.69 Å². The second-order valence-electron chi connectivity index (χ2n) is 5.63. The summed E-state index contributed by atoms with van der Waals surface area (Å²) < 4.78 is 5.84. The van der Waals surface area contributed by atoms with Gasteiger partial charge < -0.3 is 9.73 Å². The molecule has 4 rings (SSSR count). The molecule has 0 spiro atoms. The number of rotatable bonds is 2. The van der Waals surface area contributed by atoms with Gasteiger partial charge in [0.2, 0.25) is 0 Å². The second kappa shape index (κ2) is 5.29. The Kier molecular flexibility index (Phi) is 3.12. The van der Waals surface area contributed by atoms with Crippen molar-refractivity contribution in [1.82, 2.24) is 0 Å². The van der Waals surface area contributed by atoms with Crippen molar-refractivity contribution in [3.8, 4) is 0 Å². The number of amides is 1. The highest BCUT2D eigenvalue weighted by Gasteiger charge is 2.09. The molecule has 23 heavy (non-hydrogen) atoms. The number of anilines is 1. The number of para-hydroxylation sites is 1. The summed E-state index contributed by atoms with van der Waals surface area (Å²) in [5, 5.41) is 5.05. The third kappa shape index (κ3) is 2.46. The van der Waals surface area contributed by atoms with Gasteiger partial charge in [0, 0.05) is 28.1 Å². The van der Waals surface area contributed by atoms with Crippen molar-refractivity contribution in [2.24, 2.45) is 0 Å². The maximum Gasteiger partial charge on any atom is 0.255 e. The zero-order chi connectivity index (χ0) is 15.8. The molecule has 1 amide bonds. The number of aryl methyl sites for hydroxylation is 1. The predicted octanol–water partition coefficient (Wildman–Crippen LogP) is 5.15. The van der Waals surface area contributed by atoms with E-state index in [1.807, 2.05) is 73.7 Å². The average Bonchev–Trinajstić information content (AvgIpc) is 2.93. The molecule has 3 aromatic carbocycles. The van der Waals surface area contributed by atoms with Crippen molar-refractivity contribution in [2.75, 3.05) is 5.32 Å². The van der Waals surface area contributed by atoms with E-state index in [0.717, 1.165) is 33.2 Å². The molecule has 0 aliphatic heterocycles. The number of hydrogen-bond donors (Lipinski definition) is 1. The lowest BCUT2D eigenvalue weighted by atomic mass is 10.1. The molecule has 1 heterocycles. The number of hydrogen-bond acceptors (Lipinski definition) is 2. The zero-order valence-corrected chi connectivity index (χ0v) is 12.7. The molecule has 0 aliphatic carbocycles.